The molecule has 0 spiro atoms. The van der Waals surface area contributed by atoms with E-state index >= 15 is 0 Å². The minimum atomic E-state index is -0.964. The number of carbonyl (C=O) groups excluding carboxylic acids is 2. The number of benzene rings is 1. The highest BCUT2D eigenvalue weighted by Gasteiger charge is 2.34. The highest BCUT2D eigenvalue weighted by Crippen LogP contribution is 2.24. The molecule has 11 nitrogen and oxygen atoms in total. The maximum absolute atomic E-state index is 13.3. The summed E-state index contributed by atoms with van der Waals surface area (Å²) in [6.07, 6.45) is -1.22. The molecular weight excluding hydrogens is 508 g/mol. The molecule has 2 amide bonds. The van der Waals surface area contributed by atoms with Crippen molar-refractivity contribution in [2.45, 2.75) is 58.8 Å². The molecule has 38 heavy (non-hydrogen) atoms. The predicted molar refractivity (Wildman–Crippen MR) is 144 cm³/mol. The summed E-state index contributed by atoms with van der Waals surface area (Å²) < 4.78 is 9.85. The fraction of sp³-hybridized carbons (Fsp3) is 0.462. The summed E-state index contributed by atoms with van der Waals surface area (Å²) >= 11 is 1.39. The molecule has 0 aliphatic rings. The lowest BCUT2D eigenvalue weighted by atomic mass is 9.86. The topological polar surface area (TPSA) is 156 Å². The summed E-state index contributed by atoms with van der Waals surface area (Å²) in [4.78, 5) is 29.9. The van der Waals surface area contributed by atoms with Gasteiger partial charge in [-0.3, -0.25) is 10.2 Å². The van der Waals surface area contributed by atoms with Crippen molar-refractivity contribution in [3.05, 3.63) is 58.8 Å². The van der Waals surface area contributed by atoms with E-state index < -0.39 is 35.6 Å². The first-order valence-electron chi connectivity index (χ1n) is 12.2. The van der Waals surface area contributed by atoms with Crippen molar-refractivity contribution in [1.82, 2.24) is 25.9 Å². The maximum atomic E-state index is 13.3. The monoisotopic (exact) mass is 544 g/mol. The number of rotatable bonds is 11. The number of amides is 2. The summed E-state index contributed by atoms with van der Waals surface area (Å²) in [5.74, 6) is 0.210. The van der Waals surface area contributed by atoms with Gasteiger partial charge in [0.05, 0.1) is 25.5 Å². The zero-order chi connectivity index (χ0) is 27.9. The van der Waals surface area contributed by atoms with Gasteiger partial charge >= 0.3 is 6.09 Å². The van der Waals surface area contributed by atoms with E-state index in [2.05, 4.69) is 20.9 Å². The number of hydrazine groups is 1. The molecule has 206 valence electrons. The lowest BCUT2D eigenvalue weighted by Crippen LogP contribution is -2.58. The molecule has 1 aromatic carbocycles. The number of alkyl carbamates (subject to hydrolysis) is 1. The zero-order valence-electron chi connectivity index (χ0n) is 22.3. The lowest BCUT2D eigenvalue weighted by molar-refractivity contribution is -0.131. The number of methoxy groups -OCH3 is 1. The van der Waals surface area contributed by atoms with E-state index in [1.54, 1.807) is 18.0 Å². The smallest absolute Gasteiger partial charge is 0.407 e. The van der Waals surface area contributed by atoms with Crippen LogP contribution in [0.1, 0.15) is 37.8 Å². The minimum Gasteiger partial charge on any atom is -0.453 e. The number of hydrogen-bond donors (Lipinski definition) is 4. The fourth-order valence-electron chi connectivity index (χ4n) is 3.77. The van der Waals surface area contributed by atoms with Crippen LogP contribution in [-0.4, -0.2) is 64.1 Å². The van der Waals surface area contributed by atoms with E-state index in [1.165, 1.54) is 18.4 Å². The first-order valence-corrected chi connectivity index (χ1v) is 13.1. The summed E-state index contributed by atoms with van der Waals surface area (Å²) in [5.41, 5.74) is 10.8. The average Bonchev–Trinajstić information content (AvgIpc) is 3.50. The molecule has 0 bridgehead atoms. The van der Waals surface area contributed by atoms with Gasteiger partial charge in [0.1, 0.15) is 22.5 Å². The van der Waals surface area contributed by atoms with E-state index in [9.17, 15) is 14.7 Å². The molecule has 5 N–H and O–H groups in total. The van der Waals surface area contributed by atoms with Gasteiger partial charge in [-0.2, -0.15) is 0 Å². The van der Waals surface area contributed by atoms with Gasteiger partial charge in [0.15, 0.2) is 0 Å². The van der Waals surface area contributed by atoms with Gasteiger partial charge in [-0.25, -0.2) is 14.8 Å². The van der Waals surface area contributed by atoms with Crippen LogP contribution in [0.15, 0.2) is 46.3 Å². The second kappa shape index (κ2) is 13.0. The molecule has 2 heterocycles. The molecule has 0 radical (unpaired) electrons. The summed E-state index contributed by atoms with van der Waals surface area (Å²) in [7, 11) is 1.24. The summed E-state index contributed by atoms with van der Waals surface area (Å²) in [5, 5.41) is 21.6. The van der Waals surface area contributed by atoms with Crippen molar-refractivity contribution < 1.29 is 24.0 Å². The molecule has 0 aliphatic heterocycles. The predicted octanol–water partition coefficient (Wildman–Crippen LogP) is 2.64. The van der Waals surface area contributed by atoms with E-state index in [1.807, 2.05) is 56.5 Å². The number of nitrogens with zero attached hydrogens (tertiary/aromatic N) is 3. The Morgan fingerprint density at radius 1 is 1.26 bits per heavy atom. The van der Waals surface area contributed by atoms with Crippen molar-refractivity contribution in [3.63, 3.8) is 0 Å². The number of aryl methyl sites for hydroxylation is 1. The molecule has 12 heteroatoms. The maximum Gasteiger partial charge on any atom is 0.407 e. The van der Waals surface area contributed by atoms with Crippen LogP contribution >= 0.6 is 11.3 Å². The molecule has 0 aliphatic carbocycles. The van der Waals surface area contributed by atoms with Gasteiger partial charge in [0.2, 0.25) is 0 Å². The van der Waals surface area contributed by atoms with Gasteiger partial charge < -0.3 is 25.4 Å². The molecule has 0 saturated heterocycles. The van der Waals surface area contributed by atoms with Gasteiger partial charge in [-0.15, -0.1) is 11.3 Å². The molecular formula is C26H36N6O5S. The third-order valence-corrected chi connectivity index (χ3v) is 6.73. The quantitative estimate of drug-likeness (QED) is 0.267. The van der Waals surface area contributed by atoms with Crippen LogP contribution in [-0.2, 0) is 22.5 Å². The number of aliphatic hydroxyl groups is 1. The summed E-state index contributed by atoms with van der Waals surface area (Å²) in [6, 6.07) is 9.95. The van der Waals surface area contributed by atoms with Crippen LogP contribution in [0, 0.1) is 12.3 Å². The van der Waals surface area contributed by atoms with Crippen molar-refractivity contribution in [3.8, 4) is 10.7 Å². The van der Waals surface area contributed by atoms with Crippen molar-refractivity contribution in [2.24, 2.45) is 11.1 Å². The first kappa shape index (κ1) is 29.2. The van der Waals surface area contributed by atoms with E-state index in [0.29, 0.717) is 28.6 Å². The Labute approximate surface area is 226 Å². The van der Waals surface area contributed by atoms with Crippen LogP contribution < -0.4 is 16.5 Å². The first-order chi connectivity index (χ1) is 18.0. The van der Waals surface area contributed by atoms with Crippen molar-refractivity contribution in [2.75, 3.05) is 13.7 Å². The molecule has 2 aromatic heterocycles. The molecule has 0 saturated carbocycles. The molecule has 0 unspecified atom stereocenters. The van der Waals surface area contributed by atoms with E-state index in [0.717, 1.165) is 5.56 Å². The van der Waals surface area contributed by atoms with Gasteiger partial charge in [-0.05, 0) is 24.3 Å². The number of nitrogens with two attached hydrogens (primary N) is 1. The number of ether oxygens (including phenoxy) is 1. The molecule has 0 fully saturated rings. The Morgan fingerprint density at radius 2 is 1.97 bits per heavy atom. The van der Waals surface area contributed by atoms with Crippen LogP contribution in [0.4, 0.5) is 4.79 Å². The minimum absolute atomic E-state index is 0.0325. The van der Waals surface area contributed by atoms with E-state index in [4.69, 9.17) is 15.0 Å². The average molecular weight is 545 g/mol. The highest BCUT2D eigenvalue weighted by molar-refractivity contribution is 7.13. The zero-order valence-corrected chi connectivity index (χ0v) is 23.1. The Hall–Kier alpha value is -3.32. The van der Waals surface area contributed by atoms with Crippen LogP contribution in [0.5, 0.6) is 0 Å². The van der Waals surface area contributed by atoms with Crippen molar-refractivity contribution >= 4 is 23.3 Å². The third kappa shape index (κ3) is 8.35. The third-order valence-electron chi connectivity index (χ3n) is 5.81. The van der Waals surface area contributed by atoms with Crippen molar-refractivity contribution in [1.29, 1.82) is 0 Å². The second-order valence-electron chi connectivity index (χ2n) is 10.2. The number of aromatic nitrogens is 2. The number of nitrogens with one attached hydrogen (secondary N) is 2. The molecule has 3 rings (SSSR count). The largest absolute Gasteiger partial charge is 0.453 e. The Morgan fingerprint density at radius 3 is 2.58 bits per heavy atom. The lowest BCUT2D eigenvalue weighted by Gasteiger charge is -2.33. The Balaban J connectivity index is 1.78. The van der Waals surface area contributed by atoms with Crippen LogP contribution in [0.25, 0.3) is 10.7 Å². The molecule has 3 atom stereocenters. The normalized spacial score (nSPS) is 14.1. The SMILES string of the molecule is COC(=O)N[C@H](C(=O)NN(Cc1csc(-c2cc(C)on2)n1)C[C@H](O)[C@@H](N)Cc1ccccc1)C(C)(C)C. The van der Waals surface area contributed by atoms with Gasteiger partial charge in [0.25, 0.3) is 5.91 Å². The highest BCUT2D eigenvalue weighted by atomic mass is 32.1. The van der Waals surface area contributed by atoms with Crippen LogP contribution in [0.3, 0.4) is 0 Å². The van der Waals surface area contributed by atoms with Gasteiger partial charge in [-0.1, -0.05) is 56.3 Å². The molecule has 3 aromatic rings. The standard InChI is InChI=1S/C26H36N6O5S/c1-16-11-20(31-37-16)24-28-18(15-38-24)13-32(14-21(33)19(27)12-17-9-7-6-8-10-17)30-23(34)22(26(2,3)4)29-25(35)36-5/h6-11,15,19,21-22,33H,12-14,27H2,1-5H3,(H,29,35)(H,30,34)/t19-,21-,22+/m0/s1. The Kier molecular flexibility index (Phi) is 9.97. The van der Waals surface area contributed by atoms with Crippen LogP contribution in [0.2, 0.25) is 0 Å². The summed E-state index contributed by atoms with van der Waals surface area (Å²) in [6.45, 7) is 7.50. The van der Waals surface area contributed by atoms with Gasteiger partial charge in [0, 0.05) is 24.0 Å². The van der Waals surface area contributed by atoms with E-state index in [-0.39, 0.29) is 13.1 Å². The number of aliphatic hydroxyl groups excluding tert-OH is 1. The number of hydrogen-bond acceptors (Lipinski definition) is 10. The Bertz CT molecular complexity index is 1190. The second-order valence-corrected chi connectivity index (χ2v) is 11.0. The fourth-order valence-corrected chi connectivity index (χ4v) is 4.53. The number of thiazole rings is 1. The number of carbonyl (C=O) groups is 2.